The maximum Gasteiger partial charge on any atom is 0.200 e. The first kappa shape index (κ1) is 20.9. The van der Waals surface area contributed by atoms with Gasteiger partial charge < -0.3 is 14.6 Å². The Labute approximate surface area is 150 Å². The van der Waals surface area contributed by atoms with E-state index in [2.05, 4.69) is 31.1 Å². The molecule has 0 saturated carbocycles. The molecule has 0 aliphatic rings. The van der Waals surface area contributed by atoms with Crippen LogP contribution in [0, 0.1) is 5.82 Å². The van der Waals surface area contributed by atoms with Crippen LogP contribution in [0.25, 0.3) is 0 Å². The number of rotatable bonds is 9. The van der Waals surface area contributed by atoms with Gasteiger partial charge in [0.25, 0.3) is 0 Å². The van der Waals surface area contributed by atoms with Crippen LogP contribution in [0.1, 0.15) is 0 Å². The molecule has 1 aromatic rings. The highest BCUT2D eigenvalue weighted by Gasteiger charge is 2.14. The lowest BCUT2D eigenvalue weighted by Gasteiger charge is -2.08. The SMILES string of the molecule is C=C(/C=C\C(=C)C(=C)/C(F)=C(/F)C(=C)OC)COc1ccc(O)cc1F. The first-order chi connectivity index (χ1) is 12.2. The van der Waals surface area contributed by atoms with Gasteiger partial charge >= 0.3 is 0 Å². The van der Waals surface area contributed by atoms with E-state index in [-0.39, 0.29) is 29.3 Å². The van der Waals surface area contributed by atoms with Crippen molar-refractivity contribution in [2.45, 2.75) is 0 Å². The Bertz CT molecular complexity index is 805. The molecule has 1 rings (SSSR count). The summed E-state index contributed by atoms with van der Waals surface area (Å²) in [7, 11) is 1.16. The Morgan fingerprint density at radius 1 is 1.12 bits per heavy atom. The van der Waals surface area contributed by atoms with E-state index >= 15 is 0 Å². The minimum Gasteiger partial charge on any atom is -0.508 e. The first-order valence-corrected chi connectivity index (χ1v) is 7.31. The van der Waals surface area contributed by atoms with Crippen LogP contribution in [-0.4, -0.2) is 18.8 Å². The summed E-state index contributed by atoms with van der Waals surface area (Å²) >= 11 is 0. The summed E-state index contributed by atoms with van der Waals surface area (Å²) in [6.07, 6.45) is 2.81. The molecule has 0 radical (unpaired) electrons. The van der Waals surface area contributed by atoms with E-state index in [1.807, 2.05) is 0 Å². The lowest BCUT2D eigenvalue weighted by Crippen LogP contribution is -2.00. The van der Waals surface area contributed by atoms with E-state index in [1.165, 1.54) is 24.3 Å². The van der Waals surface area contributed by atoms with E-state index in [4.69, 9.17) is 9.84 Å². The first-order valence-electron chi connectivity index (χ1n) is 7.31. The fraction of sp³-hybridized carbons (Fsp3) is 0.100. The summed E-state index contributed by atoms with van der Waals surface area (Å²) in [5.74, 6) is -3.97. The van der Waals surface area contributed by atoms with Gasteiger partial charge in [0.15, 0.2) is 17.4 Å². The molecular weight excluding hydrogens is 345 g/mol. The number of halogens is 3. The van der Waals surface area contributed by atoms with Crippen molar-refractivity contribution in [1.82, 2.24) is 0 Å². The average molecular weight is 364 g/mol. The van der Waals surface area contributed by atoms with Gasteiger partial charge in [-0.1, -0.05) is 38.5 Å². The molecule has 0 saturated heterocycles. The van der Waals surface area contributed by atoms with Gasteiger partial charge in [-0.25, -0.2) is 8.78 Å². The Morgan fingerprint density at radius 3 is 2.35 bits per heavy atom. The van der Waals surface area contributed by atoms with Gasteiger partial charge in [-0.05, 0) is 23.3 Å². The molecule has 0 aromatic heterocycles. The maximum atomic E-state index is 13.9. The van der Waals surface area contributed by atoms with Crippen LogP contribution in [0.4, 0.5) is 13.2 Å². The van der Waals surface area contributed by atoms with E-state index in [9.17, 15) is 13.2 Å². The monoisotopic (exact) mass is 364 g/mol. The summed E-state index contributed by atoms with van der Waals surface area (Å²) in [6, 6.07) is 3.46. The molecule has 26 heavy (non-hydrogen) atoms. The van der Waals surface area contributed by atoms with Crippen molar-refractivity contribution < 1.29 is 27.8 Å². The van der Waals surface area contributed by atoms with Crippen LogP contribution < -0.4 is 4.74 Å². The van der Waals surface area contributed by atoms with Gasteiger partial charge in [-0.2, -0.15) is 4.39 Å². The number of benzene rings is 1. The van der Waals surface area contributed by atoms with Gasteiger partial charge in [0.2, 0.25) is 5.83 Å². The quantitative estimate of drug-likeness (QED) is 0.468. The molecule has 0 spiro atoms. The molecule has 0 bridgehead atoms. The molecule has 0 aliphatic heterocycles. The number of aromatic hydroxyl groups is 1. The second-order valence-electron chi connectivity index (χ2n) is 5.15. The summed E-state index contributed by atoms with van der Waals surface area (Å²) in [5, 5.41) is 9.13. The molecule has 0 aliphatic carbocycles. The highest BCUT2D eigenvalue weighted by molar-refractivity contribution is 5.49. The Hall–Kier alpha value is -3.15. The summed E-state index contributed by atoms with van der Waals surface area (Å²) in [4.78, 5) is 0. The molecule has 0 unspecified atom stereocenters. The van der Waals surface area contributed by atoms with Crippen LogP contribution in [0.3, 0.4) is 0 Å². The standard InChI is InChI=1S/C20H19F3O3/c1-12(11-26-18-9-8-16(24)10-17(18)21)6-7-13(2)14(3)19(22)20(23)15(4)25-5/h6-10,24H,1-4,11H2,5H3/b7-6-,20-19-. The van der Waals surface area contributed by atoms with Crippen molar-refractivity contribution in [3.05, 3.63) is 96.6 Å². The van der Waals surface area contributed by atoms with Crippen LogP contribution in [0.15, 0.2) is 90.8 Å². The number of hydrogen-bond donors (Lipinski definition) is 1. The van der Waals surface area contributed by atoms with Gasteiger partial charge in [0.1, 0.15) is 18.1 Å². The number of phenols is 1. The molecule has 0 fully saturated rings. The Balaban J connectivity index is 2.68. The van der Waals surface area contributed by atoms with E-state index in [1.54, 1.807) is 0 Å². The molecule has 0 heterocycles. The van der Waals surface area contributed by atoms with Crippen LogP contribution >= 0.6 is 0 Å². The molecule has 3 nitrogen and oxygen atoms in total. The summed E-state index contributed by atoms with van der Waals surface area (Å²) in [5.41, 5.74) is 0.228. The molecule has 1 aromatic carbocycles. The molecule has 138 valence electrons. The van der Waals surface area contributed by atoms with Crippen LogP contribution in [0.2, 0.25) is 0 Å². The maximum absolute atomic E-state index is 13.9. The van der Waals surface area contributed by atoms with E-state index < -0.39 is 23.2 Å². The number of allylic oxidation sites excluding steroid dienone is 5. The average Bonchev–Trinajstić information content (AvgIpc) is 2.62. The number of methoxy groups -OCH3 is 1. The van der Waals surface area contributed by atoms with Crippen molar-refractivity contribution >= 4 is 0 Å². The highest BCUT2D eigenvalue weighted by Crippen LogP contribution is 2.27. The van der Waals surface area contributed by atoms with Crippen molar-refractivity contribution in [3.63, 3.8) is 0 Å². The minimum atomic E-state index is -1.27. The second-order valence-corrected chi connectivity index (χ2v) is 5.15. The topological polar surface area (TPSA) is 38.7 Å². The second kappa shape index (κ2) is 9.36. The normalized spacial score (nSPS) is 11.7. The smallest absolute Gasteiger partial charge is 0.200 e. The number of hydrogen-bond acceptors (Lipinski definition) is 3. The largest absolute Gasteiger partial charge is 0.508 e. The molecular formula is C20H19F3O3. The van der Waals surface area contributed by atoms with Crippen LogP contribution in [-0.2, 0) is 4.74 Å². The van der Waals surface area contributed by atoms with Gasteiger partial charge in [0, 0.05) is 11.6 Å². The summed E-state index contributed by atoms with van der Waals surface area (Å²) < 4.78 is 50.8. The molecule has 6 heteroatoms. The zero-order valence-corrected chi connectivity index (χ0v) is 14.3. The number of phenolic OH excluding ortho intramolecular Hbond substituents is 1. The van der Waals surface area contributed by atoms with Crippen molar-refractivity contribution in [2.75, 3.05) is 13.7 Å². The van der Waals surface area contributed by atoms with Gasteiger partial charge in [0.05, 0.1) is 7.11 Å². The molecule has 0 atom stereocenters. The van der Waals surface area contributed by atoms with Gasteiger partial charge in [-0.15, -0.1) is 0 Å². The molecule has 1 N–H and O–H groups in total. The predicted molar refractivity (Wildman–Crippen MR) is 95.5 cm³/mol. The van der Waals surface area contributed by atoms with Crippen molar-refractivity contribution in [2.24, 2.45) is 0 Å². The minimum absolute atomic E-state index is 0.0605. The summed E-state index contributed by atoms with van der Waals surface area (Å²) in [6.45, 7) is 13.9. The van der Waals surface area contributed by atoms with Gasteiger partial charge in [-0.3, -0.25) is 0 Å². The number of ether oxygens (including phenoxy) is 2. The Morgan fingerprint density at radius 2 is 1.77 bits per heavy atom. The lowest BCUT2D eigenvalue weighted by atomic mass is 10.1. The highest BCUT2D eigenvalue weighted by atomic mass is 19.2. The van der Waals surface area contributed by atoms with Crippen LogP contribution in [0.5, 0.6) is 11.5 Å². The fourth-order valence-corrected chi connectivity index (χ4v) is 1.63. The predicted octanol–water partition coefficient (Wildman–Crippen LogP) is 5.45. The van der Waals surface area contributed by atoms with E-state index in [0.717, 1.165) is 13.2 Å². The third-order valence-corrected chi connectivity index (χ3v) is 3.19. The third kappa shape index (κ3) is 5.73. The molecule has 0 amide bonds. The lowest BCUT2D eigenvalue weighted by molar-refractivity contribution is 0.281. The fourth-order valence-electron chi connectivity index (χ4n) is 1.63. The van der Waals surface area contributed by atoms with Crippen molar-refractivity contribution in [3.8, 4) is 11.5 Å². The zero-order valence-electron chi connectivity index (χ0n) is 14.3. The zero-order chi connectivity index (χ0) is 19.9. The van der Waals surface area contributed by atoms with E-state index in [0.29, 0.717) is 5.57 Å². The van der Waals surface area contributed by atoms with Crippen molar-refractivity contribution in [1.29, 1.82) is 0 Å². The Kier molecular flexibility index (Phi) is 7.52. The third-order valence-electron chi connectivity index (χ3n) is 3.19.